The predicted octanol–water partition coefficient (Wildman–Crippen LogP) is 15.6. The topological polar surface area (TPSA) is 60.6 Å². The SMILES string of the molecule is C=C(/C=N\c1ccccc1)c1ccc(N/N=C2/C=CC(c3ccc4c(-c5ccc6ccccc6c5)c5ccccc5c(-c5ccc6ccccc6c5)c4c3)=CC2=N)c2ccccc12. The van der Waals surface area contributed by atoms with Crippen LogP contribution >= 0.6 is 0 Å². The Labute approximate surface area is 365 Å². The molecule has 1 aliphatic carbocycles. The number of hydrogen-bond acceptors (Lipinski definition) is 4. The van der Waals surface area contributed by atoms with E-state index in [2.05, 4.69) is 163 Å². The van der Waals surface area contributed by atoms with Gasteiger partial charge in [-0.1, -0.05) is 170 Å². The van der Waals surface area contributed by atoms with E-state index in [1.54, 1.807) is 0 Å². The molecule has 2 N–H and O–H groups in total. The minimum absolute atomic E-state index is 0.330. The van der Waals surface area contributed by atoms with E-state index in [-0.39, 0.29) is 0 Å². The number of aliphatic imine (C=N–C) groups is 1. The summed E-state index contributed by atoms with van der Waals surface area (Å²) >= 11 is 0. The summed E-state index contributed by atoms with van der Waals surface area (Å²) in [5.41, 5.74) is 14.5. The van der Waals surface area contributed by atoms with E-state index in [1.807, 2.05) is 73.0 Å². The molecule has 10 aromatic carbocycles. The summed E-state index contributed by atoms with van der Waals surface area (Å²) in [7, 11) is 0. The van der Waals surface area contributed by atoms with Crippen molar-refractivity contribution in [3.05, 3.63) is 230 Å². The van der Waals surface area contributed by atoms with Gasteiger partial charge in [-0.25, -0.2) is 0 Å². The number of anilines is 1. The van der Waals surface area contributed by atoms with Crippen molar-refractivity contribution in [3.8, 4) is 22.3 Å². The highest BCUT2D eigenvalue weighted by Gasteiger charge is 2.19. The summed E-state index contributed by atoms with van der Waals surface area (Å²) in [6, 6.07) is 68.4. The molecule has 0 amide bonds. The van der Waals surface area contributed by atoms with E-state index >= 15 is 0 Å². The van der Waals surface area contributed by atoms with Crippen LogP contribution in [0.4, 0.5) is 11.4 Å². The van der Waals surface area contributed by atoms with Gasteiger partial charge in [0.1, 0.15) is 5.71 Å². The van der Waals surface area contributed by atoms with Crippen LogP contribution in [-0.2, 0) is 0 Å². The van der Waals surface area contributed by atoms with Gasteiger partial charge in [-0.2, -0.15) is 5.10 Å². The fourth-order valence-electron chi connectivity index (χ4n) is 9.02. The number of fused-ring (bicyclic) bond motifs is 5. The van der Waals surface area contributed by atoms with Gasteiger partial charge < -0.3 is 0 Å². The Balaban J connectivity index is 0.971. The smallest absolute Gasteiger partial charge is 0.108 e. The molecule has 0 heterocycles. The summed E-state index contributed by atoms with van der Waals surface area (Å²) in [6.07, 6.45) is 7.73. The van der Waals surface area contributed by atoms with Gasteiger partial charge in [-0.05, 0) is 142 Å². The van der Waals surface area contributed by atoms with Gasteiger partial charge in [0, 0.05) is 11.6 Å². The second kappa shape index (κ2) is 15.9. The highest BCUT2D eigenvalue weighted by atomic mass is 15.3. The minimum Gasteiger partial charge on any atom is -0.299 e. The second-order valence-electron chi connectivity index (χ2n) is 16.0. The van der Waals surface area contributed by atoms with Gasteiger partial charge >= 0.3 is 0 Å². The molecule has 0 bridgehead atoms. The molecule has 0 atom stereocenters. The lowest BCUT2D eigenvalue weighted by atomic mass is 9.84. The van der Waals surface area contributed by atoms with Crippen molar-refractivity contribution < 1.29 is 0 Å². The zero-order valence-corrected chi connectivity index (χ0v) is 34.4. The molecule has 296 valence electrons. The molecule has 0 aromatic heterocycles. The third kappa shape index (κ3) is 7.00. The van der Waals surface area contributed by atoms with E-state index < -0.39 is 0 Å². The van der Waals surface area contributed by atoms with E-state index in [0.717, 1.165) is 49.8 Å². The van der Waals surface area contributed by atoms with Crippen LogP contribution in [0.3, 0.4) is 0 Å². The highest BCUT2D eigenvalue weighted by Crippen LogP contribution is 2.45. The summed E-state index contributed by atoms with van der Waals surface area (Å²) in [6.45, 7) is 4.33. The molecule has 63 heavy (non-hydrogen) atoms. The lowest BCUT2D eigenvalue weighted by Crippen LogP contribution is -2.13. The average molecular weight is 805 g/mol. The zero-order chi connectivity index (χ0) is 42.3. The third-order valence-electron chi connectivity index (χ3n) is 12.1. The van der Waals surface area contributed by atoms with Gasteiger partial charge in [-0.3, -0.25) is 15.8 Å². The van der Waals surface area contributed by atoms with Gasteiger partial charge in [0.25, 0.3) is 0 Å². The molecule has 0 unspecified atom stereocenters. The monoisotopic (exact) mass is 804 g/mol. The number of para-hydroxylation sites is 1. The Bertz CT molecular complexity index is 3630. The Morgan fingerprint density at radius 3 is 1.70 bits per heavy atom. The van der Waals surface area contributed by atoms with Crippen LogP contribution in [0.1, 0.15) is 11.1 Å². The normalized spacial score (nSPS) is 13.5. The Morgan fingerprint density at radius 1 is 0.476 bits per heavy atom. The fourth-order valence-corrected chi connectivity index (χ4v) is 9.02. The number of nitrogens with zero attached hydrogens (tertiary/aromatic N) is 2. The van der Waals surface area contributed by atoms with E-state index in [0.29, 0.717) is 11.4 Å². The molecule has 0 aliphatic heterocycles. The average Bonchev–Trinajstić information content (AvgIpc) is 3.34. The number of hydrogen-bond donors (Lipinski definition) is 2. The molecule has 4 heteroatoms. The summed E-state index contributed by atoms with van der Waals surface area (Å²) in [5, 5.41) is 25.6. The standard InChI is InChI=1S/C59H40N4/c1-38(37-61-47-17-3-2-4-18-47)48-30-32-56(50-20-10-9-19-49(48)50)62-63-57-31-28-44(36-55(57)60)43-27-29-53-54(35-43)59(46-26-24-40-14-6-8-16-42(40)34-46)52-22-12-11-21-51(52)58(53)45-25-23-39-13-5-7-15-41(39)33-45/h2-37,60,62H,1H2/b60-55?,61-37-,63-57-. The van der Waals surface area contributed by atoms with Crippen molar-refractivity contribution in [2.45, 2.75) is 0 Å². The summed E-state index contributed by atoms with van der Waals surface area (Å²) in [5.74, 6) is 0. The maximum atomic E-state index is 9.17. The maximum Gasteiger partial charge on any atom is 0.108 e. The van der Waals surface area contributed by atoms with Crippen LogP contribution in [0.15, 0.2) is 229 Å². The molecular formula is C59H40N4. The van der Waals surface area contributed by atoms with Crippen LogP contribution in [-0.4, -0.2) is 17.6 Å². The first kappa shape index (κ1) is 37.5. The quantitative estimate of drug-likeness (QED) is 0.0683. The third-order valence-corrected chi connectivity index (χ3v) is 12.1. The largest absolute Gasteiger partial charge is 0.299 e. The van der Waals surface area contributed by atoms with Crippen molar-refractivity contribution in [2.75, 3.05) is 5.43 Å². The van der Waals surface area contributed by atoms with Crippen LogP contribution in [0, 0.1) is 5.41 Å². The Kier molecular flexibility index (Phi) is 9.44. The van der Waals surface area contributed by atoms with Crippen molar-refractivity contribution in [1.29, 1.82) is 5.41 Å². The molecule has 0 spiro atoms. The first-order chi connectivity index (χ1) is 31.1. The number of allylic oxidation sites excluding steroid dienone is 5. The predicted molar refractivity (Wildman–Crippen MR) is 271 cm³/mol. The van der Waals surface area contributed by atoms with Crippen LogP contribution in [0.5, 0.6) is 0 Å². The van der Waals surface area contributed by atoms with Crippen LogP contribution in [0.2, 0.25) is 0 Å². The van der Waals surface area contributed by atoms with Gasteiger partial charge in [0.2, 0.25) is 0 Å². The van der Waals surface area contributed by atoms with Gasteiger partial charge in [0.15, 0.2) is 0 Å². The molecule has 0 fully saturated rings. The van der Waals surface area contributed by atoms with E-state index in [1.165, 1.54) is 60.0 Å². The molecular weight excluding hydrogens is 765 g/mol. The van der Waals surface area contributed by atoms with Crippen molar-refractivity contribution >= 4 is 94.0 Å². The molecule has 0 saturated carbocycles. The number of rotatable bonds is 8. The van der Waals surface area contributed by atoms with Crippen LogP contribution < -0.4 is 5.43 Å². The van der Waals surface area contributed by atoms with Crippen molar-refractivity contribution in [3.63, 3.8) is 0 Å². The van der Waals surface area contributed by atoms with E-state index in [9.17, 15) is 5.41 Å². The molecule has 11 rings (SSSR count). The maximum absolute atomic E-state index is 9.17. The lowest BCUT2D eigenvalue weighted by molar-refractivity contribution is 1.35. The molecule has 0 saturated heterocycles. The second-order valence-corrected chi connectivity index (χ2v) is 16.0. The van der Waals surface area contributed by atoms with Gasteiger partial charge in [0.05, 0.1) is 17.1 Å². The Hall–Kier alpha value is -8.47. The first-order valence-electron chi connectivity index (χ1n) is 21.2. The summed E-state index contributed by atoms with van der Waals surface area (Å²) < 4.78 is 0. The van der Waals surface area contributed by atoms with Crippen LogP contribution in [0.25, 0.3) is 87.3 Å². The first-order valence-corrected chi connectivity index (χ1v) is 21.2. The van der Waals surface area contributed by atoms with Crippen molar-refractivity contribution in [1.82, 2.24) is 0 Å². The molecule has 4 nitrogen and oxygen atoms in total. The van der Waals surface area contributed by atoms with Gasteiger partial charge in [-0.15, -0.1) is 0 Å². The number of hydrazone groups is 1. The molecule has 10 aromatic rings. The minimum atomic E-state index is 0.330. The summed E-state index contributed by atoms with van der Waals surface area (Å²) in [4.78, 5) is 4.63. The number of benzene rings is 10. The lowest BCUT2D eigenvalue weighted by Gasteiger charge is -2.20. The molecule has 0 radical (unpaired) electrons. The van der Waals surface area contributed by atoms with E-state index in [4.69, 9.17) is 5.10 Å². The molecule has 1 aliphatic rings. The number of nitrogens with one attached hydrogen (secondary N) is 2. The zero-order valence-electron chi connectivity index (χ0n) is 34.4. The highest BCUT2D eigenvalue weighted by molar-refractivity contribution is 6.51. The fraction of sp³-hybridized carbons (Fsp3) is 0. The van der Waals surface area contributed by atoms with Crippen molar-refractivity contribution in [2.24, 2.45) is 10.1 Å². The Morgan fingerprint density at radius 2 is 1.03 bits per heavy atom.